The number of anilines is 1. The highest BCUT2D eigenvalue weighted by molar-refractivity contribution is 7.89. The second kappa shape index (κ2) is 7.79. The van der Waals surface area contributed by atoms with E-state index < -0.39 is 21.8 Å². The summed E-state index contributed by atoms with van der Waals surface area (Å²) in [7, 11) is -2.29. The van der Waals surface area contributed by atoms with Crippen molar-refractivity contribution in [1.29, 1.82) is 0 Å². The van der Waals surface area contributed by atoms with Crippen LogP contribution in [0.5, 0.6) is 0 Å². The van der Waals surface area contributed by atoms with E-state index in [2.05, 4.69) is 4.98 Å². The zero-order valence-electron chi connectivity index (χ0n) is 16.2. The molecule has 0 aliphatic carbocycles. The van der Waals surface area contributed by atoms with E-state index in [1.165, 1.54) is 23.5 Å². The molecule has 3 heterocycles. The monoisotopic (exact) mass is 453 g/mol. The Balaban J connectivity index is 1.62. The van der Waals surface area contributed by atoms with Crippen molar-refractivity contribution in [3.05, 3.63) is 52.9 Å². The molecule has 1 N–H and O–H groups in total. The largest absolute Gasteiger partial charge is 0.481 e. The van der Waals surface area contributed by atoms with Gasteiger partial charge in [0.05, 0.1) is 11.3 Å². The third-order valence-corrected chi connectivity index (χ3v) is 8.14. The van der Waals surface area contributed by atoms with E-state index in [1.807, 2.05) is 11.0 Å². The number of piperidine rings is 1. The number of halogens is 2. The number of nitrogens with zero attached hydrogens (tertiary/aromatic N) is 3. The Morgan fingerprint density at radius 3 is 2.63 bits per heavy atom. The lowest BCUT2D eigenvalue weighted by Crippen LogP contribution is -2.52. The third-order valence-electron chi connectivity index (χ3n) is 6.01. The summed E-state index contributed by atoms with van der Waals surface area (Å²) in [6.45, 7) is 0.373. The molecule has 0 radical (unpaired) electrons. The maximum absolute atomic E-state index is 13.2. The Morgan fingerprint density at radius 2 is 1.97 bits per heavy atom. The topological polar surface area (TPSA) is 90.8 Å². The van der Waals surface area contributed by atoms with E-state index in [1.54, 1.807) is 6.07 Å². The van der Waals surface area contributed by atoms with E-state index in [0.29, 0.717) is 30.4 Å². The highest BCUT2D eigenvalue weighted by atomic mass is 35.5. The molecular weight excluding hydrogens is 433 g/mol. The normalized spacial score (nSPS) is 23.3. The Kier molecular flexibility index (Phi) is 5.46. The molecule has 1 saturated heterocycles. The van der Waals surface area contributed by atoms with Crippen LogP contribution in [0.1, 0.15) is 30.7 Å². The fraction of sp³-hybridized carbons (Fsp3) is 0.400. The summed E-state index contributed by atoms with van der Waals surface area (Å²) < 4.78 is 40.5. The van der Waals surface area contributed by atoms with Gasteiger partial charge in [-0.1, -0.05) is 17.7 Å². The maximum Gasteiger partial charge on any atom is 0.304 e. The summed E-state index contributed by atoms with van der Waals surface area (Å²) in [5.41, 5.74) is 0.830. The number of carboxylic acids is 1. The van der Waals surface area contributed by atoms with Crippen LogP contribution in [0.3, 0.4) is 0 Å². The summed E-state index contributed by atoms with van der Waals surface area (Å²) in [5, 5.41) is 9.66. The van der Waals surface area contributed by atoms with Gasteiger partial charge in [-0.05, 0) is 43.2 Å². The Morgan fingerprint density at radius 1 is 1.27 bits per heavy atom. The molecular formula is C20H21ClFN3O4S. The van der Waals surface area contributed by atoms with Gasteiger partial charge in [0.25, 0.3) is 0 Å². The molecule has 0 amide bonds. The van der Waals surface area contributed by atoms with Crippen LogP contribution in [-0.2, 0) is 14.8 Å². The van der Waals surface area contributed by atoms with E-state index in [0.717, 1.165) is 17.7 Å². The van der Waals surface area contributed by atoms with Crippen LogP contribution in [0, 0.1) is 5.82 Å². The quantitative estimate of drug-likeness (QED) is 0.699. The van der Waals surface area contributed by atoms with Gasteiger partial charge < -0.3 is 10.0 Å². The van der Waals surface area contributed by atoms with Crippen molar-refractivity contribution < 1.29 is 22.7 Å². The Labute approximate surface area is 179 Å². The van der Waals surface area contributed by atoms with E-state index in [-0.39, 0.29) is 29.3 Å². The molecule has 0 bridgehead atoms. The number of fused-ring (bicyclic) bond motifs is 3. The maximum atomic E-state index is 13.2. The number of rotatable bonds is 5. The van der Waals surface area contributed by atoms with Gasteiger partial charge >= 0.3 is 5.97 Å². The lowest BCUT2D eigenvalue weighted by atomic mass is 9.87. The van der Waals surface area contributed by atoms with E-state index >= 15 is 0 Å². The van der Waals surface area contributed by atoms with Crippen molar-refractivity contribution in [3.8, 4) is 0 Å². The van der Waals surface area contributed by atoms with Crippen molar-refractivity contribution in [2.75, 3.05) is 18.5 Å². The molecule has 2 aliphatic heterocycles. The minimum absolute atomic E-state index is 0.0220. The highest BCUT2D eigenvalue weighted by Crippen LogP contribution is 2.46. The minimum Gasteiger partial charge on any atom is -0.481 e. The first-order valence-corrected chi connectivity index (χ1v) is 11.4. The van der Waals surface area contributed by atoms with Gasteiger partial charge in [0.1, 0.15) is 16.8 Å². The van der Waals surface area contributed by atoms with Crippen molar-refractivity contribution >= 4 is 33.4 Å². The Hall–Kier alpha value is -2.23. The molecule has 30 heavy (non-hydrogen) atoms. The number of sulfonamides is 1. The van der Waals surface area contributed by atoms with Gasteiger partial charge in [-0.2, -0.15) is 4.31 Å². The molecule has 2 aliphatic rings. The van der Waals surface area contributed by atoms with Crippen molar-refractivity contribution in [3.63, 3.8) is 0 Å². The third kappa shape index (κ3) is 3.66. The van der Waals surface area contributed by atoms with Gasteiger partial charge in [0.15, 0.2) is 0 Å². The fourth-order valence-electron chi connectivity index (χ4n) is 4.50. The molecule has 1 aromatic heterocycles. The fourth-order valence-corrected chi connectivity index (χ4v) is 6.02. The number of carboxylic acid groups (broad SMARTS) is 1. The zero-order valence-corrected chi connectivity index (χ0v) is 17.8. The van der Waals surface area contributed by atoms with Crippen LogP contribution in [0.15, 0.2) is 41.3 Å². The molecule has 0 saturated carbocycles. The second-order valence-electron chi connectivity index (χ2n) is 7.68. The van der Waals surface area contributed by atoms with Crippen LogP contribution >= 0.6 is 11.6 Å². The van der Waals surface area contributed by atoms with Gasteiger partial charge in [-0.15, -0.1) is 0 Å². The summed E-state index contributed by atoms with van der Waals surface area (Å²) in [6, 6.07) is 7.80. The first-order chi connectivity index (χ1) is 14.2. The number of aromatic nitrogens is 1. The molecule has 1 fully saturated rings. The number of hydrogen-bond acceptors (Lipinski definition) is 5. The molecule has 2 aromatic rings. The summed E-state index contributed by atoms with van der Waals surface area (Å²) in [5.74, 6) is -0.989. The number of hydrogen-bond donors (Lipinski definition) is 1. The number of benzene rings is 1. The van der Waals surface area contributed by atoms with Crippen LogP contribution in [0.25, 0.3) is 0 Å². The number of likely N-dealkylation sites (N-methyl/N-ethyl adjacent to an activating group) is 1. The molecule has 1 aromatic carbocycles. The number of carbonyl (C=O) groups is 1. The second-order valence-corrected chi connectivity index (χ2v) is 10.1. The molecule has 10 heteroatoms. The molecule has 4 rings (SSSR count). The zero-order chi connectivity index (χ0) is 21.6. The standard InChI is InChI=1S/C20H21ClFN3O4S/c1-24(30(28,29)14-5-2-12(22)3-6-14)13-4-8-17-16(10-19(26)27)15-7-9-18(21)23-20(15)25(17)11-13/h2-3,5-7,9,13,16-17H,4,8,10-11H2,1H3,(H,26,27). The molecule has 3 unspecified atom stereocenters. The average molecular weight is 454 g/mol. The smallest absolute Gasteiger partial charge is 0.304 e. The summed E-state index contributed by atoms with van der Waals surface area (Å²) in [6.07, 6.45) is 1.18. The highest BCUT2D eigenvalue weighted by Gasteiger charge is 2.45. The molecule has 160 valence electrons. The van der Waals surface area contributed by atoms with E-state index in [9.17, 15) is 22.7 Å². The van der Waals surface area contributed by atoms with Gasteiger partial charge in [-0.3, -0.25) is 4.79 Å². The lowest BCUT2D eigenvalue weighted by Gasteiger charge is -2.41. The predicted octanol–water partition coefficient (Wildman–Crippen LogP) is 3.10. The van der Waals surface area contributed by atoms with Crippen molar-refractivity contribution in [1.82, 2.24) is 9.29 Å². The predicted molar refractivity (Wildman–Crippen MR) is 110 cm³/mol. The van der Waals surface area contributed by atoms with Gasteiger partial charge in [0, 0.05) is 37.2 Å². The van der Waals surface area contributed by atoms with Gasteiger partial charge in [-0.25, -0.2) is 17.8 Å². The van der Waals surface area contributed by atoms with Crippen LogP contribution in [-0.4, -0.2) is 54.5 Å². The number of aliphatic carboxylic acids is 1. The number of pyridine rings is 1. The van der Waals surface area contributed by atoms with Crippen molar-refractivity contribution in [2.45, 2.75) is 42.2 Å². The van der Waals surface area contributed by atoms with Gasteiger partial charge in [0.2, 0.25) is 10.0 Å². The first kappa shape index (κ1) is 21.0. The summed E-state index contributed by atoms with van der Waals surface area (Å²) >= 11 is 6.08. The first-order valence-electron chi connectivity index (χ1n) is 9.57. The Bertz CT molecular complexity index is 1080. The van der Waals surface area contributed by atoms with Crippen LogP contribution < -0.4 is 4.90 Å². The van der Waals surface area contributed by atoms with Crippen LogP contribution in [0.4, 0.5) is 10.2 Å². The molecule has 0 spiro atoms. The lowest BCUT2D eigenvalue weighted by molar-refractivity contribution is -0.137. The average Bonchev–Trinajstić information content (AvgIpc) is 2.99. The SMILES string of the molecule is CN(C1CCC2C(CC(=O)O)c3ccc(Cl)nc3N2C1)S(=O)(=O)c1ccc(F)cc1. The molecule has 7 nitrogen and oxygen atoms in total. The van der Waals surface area contributed by atoms with Crippen molar-refractivity contribution in [2.24, 2.45) is 0 Å². The van der Waals surface area contributed by atoms with Crippen LogP contribution in [0.2, 0.25) is 5.15 Å². The summed E-state index contributed by atoms with van der Waals surface area (Å²) in [4.78, 5) is 17.8. The minimum atomic E-state index is -3.80. The van der Waals surface area contributed by atoms with E-state index in [4.69, 9.17) is 11.6 Å². The molecule has 3 atom stereocenters.